The fourth-order valence-corrected chi connectivity index (χ4v) is 4.26. The van der Waals surface area contributed by atoms with E-state index in [-0.39, 0.29) is 0 Å². The van der Waals surface area contributed by atoms with Crippen molar-refractivity contribution in [2.24, 2.45) is 21.8 Å². The van der Waals surface area contributed by atoms with Crippen LogP contribution in [0.3, 0.4) is 0 Å². The van der Waals surface area contributed by atoms with Crippen LogP contribution < -0.4 is 0 Å². The molecule has 2 aliphatic carbocycles. The maximum Gasteiger partial charge on any atom is 0.235 e. The van der Waals surface area contributed by atoms with Gasteiger partial charge in [0.2, 0.25) is 12.2 Å². The number of carbonyl (C=O) groups excluding carboxylic acids is 2. The molecule has 2 fully saturated rings. The predicted molar refractivity (Wildman–Crippen MR) is 77.0 cm³/mol. The van der Waals surface area contributed by atoms with Crippen molar-refractivity contribution in [3.05, 3.63) is 0 Å². The largest absolute Gasteiger partial charge is 0.235 e. The first-order valence-electron chi connectivity index (χ1n) is 7.96. The molecule has 4 heteroatoms. The Labute approximate surface area is 120 Å². The van der Waals surface area contributed by atoms with Crippen LogP contribution in [-0.2, 0) is 9.59 Å². The summed E-state index contributed by atoms with van der Waals surface area (Å²) >= 11 is 0. The second-order valence-electron chi connectivity index (χ2n) is 6.27. The Bertz CT molecular complexity index is 379. The summed E-state index contributed by atoms with van der Waals surface area (Å²) in [6.07, 6.45) is 15.1. The van der Waals surface area contributed by atoms with E-state index in [2.05, 4.69) is 9.98 Å². The summed E-state index contributed by atoms with van der Waals surface area (Å²) in [6, 6.07) is 0. The van der Waals surface area contributed by atoms with E-state index in [9.17, 15) is 9.59 Å². The van der Waals surface area contributed by atoms with Crippen molar-refractivity contribution in [2.75, 3.05) is 6.54 Å². The van der Waals surface area contributed by atoms with Crippen LogP contribution in [0.5, 0.6) is 0 Å². The Morgan fingerprint density at radius 2 is 1.30 bits per heavy atom. The Morgan fingerprint density at radius 1 is 0.800 bits per heavy atom. The molecular weight excluding hydrogens is 252 g/mol. The standard InChI is InChI=1S/C16H24N2O2/c19-12-17-11-16(18-13-20,14-7-3-1-4-8-14)15-9-5-2-6-10-15/h14-15H,1-11H2. The summed E-state index contributed by atoms with van der Waals surface area (Å²) < 4.78 is 0. The summed E-state index contributed by atoms with van der Waals surface area (Å²) in [7, 11) is 0. The Kier molecular flexibility index (Phi) is 5.70. The van der Waals surface area contributed by atoms with Crippen molar-refractivity contribution >= 4 is 12.2 Å². The number of hydrogen-bond acceptors (Lipinski definition) is 4. The fraction of sp³-hybridized carbons (Fsp3) is 0.875. The van der Waals surface area contributed by atoms with E-state index in [1.807, 2.05) is 0 Å². The molecule has 2 saturated carbocycles. The van der Waals surface area contributed by atoms with E-state index in [1.165, 1.54) is 38.5 Å². The van der Waals surface area contributed by atoms with Gasteiger partial charge in [0.15, 0.2) is 0 Å². The van der Waals surface area contributed by atoms with Crippen molar-refractivity contribution in [1.29, 1.82) is 0 Å². The molecule has 2 rings (SSSR count). The molecule has 2 aliphatic rings. The minimum absolute atomic E-state index is 0.321. The summed E-state index contributed by atoms with van der Waals surface area (Å²) in [5.74, 6) is 0.746. The monoisotopic (exact) mass is 276 g/mol. The molecule has 20 heavy (non-hydrogen) atoms. The van der Waals surface area contributed by atoms with Gasteiger partial charge in [-0.15, -0.1) is 0 Å². The number of hydrogen-bond donors (Lipinski definition) is 0. The third kappa shape index (κ3) is 3.26. The quantitative estimate of drug-likeness (QED) is 0.569. The van der Waals surface area contributed by atoms with E-state index in [0.29, 0.717) is 18.4 Å². The lowest BCUT2D eigenvalue weighted by atomic mass is 9.64. The lowest BCUT2D eigenvalue weighted by molar-refractivity contribution is 0.115. The maximum atomic E-state index is 11.0. The highest BCUT2D eigenvalue weighted by molar-refractivity contribution is 5.37. The van der Waals surface area contributed by atoms with Gasteiger partial charge < -0.3 is 0 Å². The van der Waals surface area contributed by atoms with Crippen LogP contribution in [0.15, 0.2) is 9.98 Å². The van der Waals surface area contributed by atoms with Gasteiger partial charge in [-0.05, 0) is 37.5 Å². The Balaban J connectivity index is 2.30. The third-order valence-electron chi connectivity index (χ3n) is 5.27. The van der Waals surface area contributed by atoms with Gasteiger partial charge in [-0.3, -0.25) is 0 Å². The second-order valence-corrected chi connectivity index (χ2v) is 6.27. The minimum atomic E-state index is -0.486. The molecule has 0 saturated heterocycles. The molecule has 110 valence electrons. The van der Waals surface area contributed by atoms with Gasteiger partial charge in [-0.25, -0.2) is 14.6 Å². The number of aliphatic imine (C=N–C) groups is 2. The highest BCUT2D eigenvalue weighted by atomic mass is 16.1. The lowest BCUT2D eigenvalue weighted by Gasteiger charge is -2.44. The molecule has 0 N–H and O–H groups in total. The molecule has 0 heterocycles. The van der Waals surface area contributed by atoms with Crippen LogP contribution >= 0.6 is 0 Å². The fourth-order valence-electron chi connectivity index (χ4n) is 4.26. The molecular formula is C16H24N2O2. The van der Waals surface area contributed by atoms with Gasteiger partial charge in [-0.2, -0.15) is 4.99 Å². The van der Waals surface area contributed by atoms with Gasteiger partial charge in [0, 0.05) is 0 Å². The highest BCUT2D eigenvalue weighted by Crippen LogP contribution is 2.45. The van der Waals surface area contributed by atoms with Crippen molar-refractivity contribution in [3.8, 4) is 0 Å². The molecule has 0 spiro atoms. The van der Waals surface area contributed by atoms with Gasteiger partial charge >= 0.3 is 0 Å². The average Bonchev–Trinajstić information content (AvgIpc) is 2.53. The molecule has 0 aromatic heterocycles. The molecule has 0 unspecified atom stereocenters. The van der Waals surface area contributed by atoms with Gasteiger partial charge in [-0.1, -0.05) is 38.5 Å². The van der Waals surface area contributed by atoms with Gasteiger partial charge in [0.1, 0.15) is 0 Å². The summed E-state index contributed by atoms with van der Waals surface area (Å²) in [5, 5.41) is 0. The lowest BCUT2D eigenvalue weighted by Crippen LogP contribution is -2.48. The average molecular weight is 276 g/mol. The molecule has 0 radical (unpaired) electrons. The van der Waals surface area contributed by atoms with Crippen LogP contribution in [0.2, 0.25) is 0 Å². The van der Waals surface area contributed by atoms with Crippen molar-refractivity contribution in [3.63, 3.8) is 0 Å². The van der Waals surface area contributed by atoms with Crippen LogP contribution in [-0.4, -0.2) is 24.2 Å². The van der Waals surface area contributed by atoms with Crippen molar-refractivity contribution < 1.29 is 9.59 Å². The van der Waals surface area contributed by atoms with Crippen molar-refractivity contribution in [1.82, 2.24) is 0 Å². The molecule has 0 aliphatic heterocycles. The molecule has 0 aromatic rings. The van der Waals surface area contributed by atoms with Crippen LogP contribution in [0, 0.1) is 11.8 Å². The number of nitrogens with zero attached hydrogens (tertiary/aromatic N) is 2. The first-order chi connectivity index (χ1) is 9.83. The number of rotatable bonds is 5. The molecule has 4 nitrogen and oxygen atoms in total. The molecule has 0 aromatic carbocycles. The number of isocyanates is 2. The van der Waals surface area contributed by atoms with Crippen molar-refractivity contribution in [2.45, 2.75) is 69.7 Å². The Morgan fingerprint density at radius 3 is 1.70 bits per heavy atom. The van der Waals surface area contributed by atoms with E-state index in [1.54, 1.807) is 12.2 Å². The minimum Gasteiger partial charge on any atom is -0.211 e. The molecule has 0 bridgehead atoms. The highest BCUT2D eigenvalue weighted by Gasteiger charge is 2.46. The smallest absolute Gasteiger partial charge is 0.211 e. The van der Waals surface area contributed by atoms with Gasteiger partial charge in [0.05, 0.1) is 12.1 Å². The maximum absolute atomic E-state index is 11.0. The predicted octanol–water partition coefficient (Wildman–Crippen LogP) is 3.56. The zero-order valence-corrected chi connectivity index (χ0v) is 12.1. The van der Waals surface area contributed by atoms with Crippen LogP contribution in [0.25, 0.3) is 0 Å². The summed E-state index contributed by atoms with van der Waals surface area (Å²) in [6.45, 7) is 0.321. The van der Waals surface area contributed by atoms with E-state index >= 15 is 0 Å². The second kappa shape index (κ2) is 7.52. The topological polar surface area (TPSA) is 58.9 Å². The molecule has 0 amide bonds. The van der Waals surface area contributed by atoms with E-state index in [0.717, 1.165) is 25.7 Å². The Hall–Kier alpha value is -1.24. The summed E-state index contributed by atoms with van der Waals surface area (Å²) in [4.78, 5) is 29.7. The van der Waals surface area contributed by atoms with Gasteiger partial charge in [0.25, 0.3) is 0 Å². The zero-order chi connectivity index (χ0) is 14.3. The molecule has 0 atom stereocenters. The third-order valence-corrected chi connectivity index (χ3v) is 5.27. The van der Waals surface area contributed by atoms with Crippen LogP contribution in [0.1, 0.15) is 64.2 Å². The van der Waals surface area contributed by atoms with Crippen LogP contribution in [0.4, 0.5) is 0 Å². The normalized spacial score (nSPS) is 21.8. The zero-order valence-electron chi connectivity index (χ0n) is 12.1. The first kappa shape index (κ1) is 15.2. The van der Waals surface area contributed by atoms with E-state index in [4.69, 9.17) is 0 Å². The first-order valence-corrected chi connectivity index (χ1v) is 7.96. The SMILES string of the molecule is O=C=NCC(N=C=O)(C1CCCCC1)C1CCCCC1. The summed E-state index contributed by atoms with van der Waals surface area (Å²) in [5.41, 5.74) is -0.486. The van der Waals surface area contributed by atoms with E-state index < -0.39 is 5.54 Å².